The van der Waals surface area contributed by atoms with Crippen LogP contribution in [-0.2, 0) is 0 Å². The SMILES string of the molecule is Brc1ccc(N2CCCCC(N3CCCC3)C2)nc1. The second kappa shape index (κ2) is 6.23. The number of aromatic nitrogens is 1. The van der Waals surface area contributed by atoms with Crippen LogP contribution in [0, 0.1) is 0 Å². The second-order valence-corrected chi connectivity index (χ2v) is 6.59. The number of rotatable bonds is 2. The third kappa shape index (κ3) is 3.29. The summed E-state index contributed by atoms with van der Waals surface area (Å²) in [4.78, 5) is 9.73. The van der Waals surface area contributed by atoms with Gasteiger partial charge in [0.25, 0.3) is 0 Å². The van der Waals surface area contributed by atoms with Gasteiger partial charge in [-0.1, -0.05) is 6.42 Å². The summed E-state index contributed by atoms with van der Waals surface area (Å²) < 4.78 is 1.06. The third-order valence-corrected chi connectivity index (χ3v) is 4.81. The van der Waals surface area contributed by atoms with E-state index >= 15 is 0 Å². The van der Waals surface area contributed by atoms with E-state index < -0.39 is 0 Å². The summed E-state index contributed by atoms with van der Waals surface area (Å²) in [6, 6.07) is 4.96. The van der Waals surface area contributed by atoms with E-state index in [2.05, 4.69) is 42.8 Å². The maximum absolute atomic E-state index is 4.57. The van der Waals surface area contributed by atoms with E-state index in [9.17, 15) is 0 Å². The molecule has 0 aliphatic carbocycles. The monoisotopic (exact) mass is 323 g/mol. The summed E-state index contributed by atoms with van der Waals surface area (Å²) in [6.45, 7) is 4.89. The molecule has 1 aromatic heterocycles. The van der Waals surface area contributed by atoms with Crippen LogP contribution in [0.1, 0.15) is 32.1 Å². The molecule has 1 aromatic rings. The van der Waals surface area contributed by atoms with E-state index in [-0.39, 0.29) is 0 Å². The first-order valence-corrected chi connectivity index (χ1v) is 8.23. The first-order chi connectivity index (χ1) is 9.33. The van der Waals surface area contributed by atoms with Crippen molar-refractivity contribution in [3.63, 3.8) is 0 Å². The Morgan fingerprint density at radius 3 is 2.58 bits per heavy atom. The molecular formula is C15H22BrN3. The van der Waals surface area contributed by atoms with Crippen LogP contribution in [0.2, 0.25) is 0 Å². The van der Waals surface area contributed by atoms with Gasteiger partial charge < -0.3 is 4.90 Å². The second-order valence-electron chi connectivity index (χ2n) is 5.67. The molecule has 0 radical (unpaired) electrons. The molecule has 3 heterocycles. The van der Waals surface area contributed by atoms with Crippen molar-refractivity contribution in [2.75, 3.05) is 31.1 Å². The molecule has 2 aliphatic heterocycles. The van der Waals surface area contributed by atoms with Crippen molar-refractivity contribution >= 4 is 21.7 Å². The number of hydrogen-bond acceptors (Lipinski definition) is 3. The lowest BCUT2D eigenvalue weighted by Gasteiger charge is -2.31. The van der Waals surface area contributed by atoms with Gasteiger partial charge in [-0.15, -0.1) is 0 Å². The highest BCUT2D eigenvalue weighted by molar-refractivity contribution is 9.10. The smallest absolute Gasteiger partial charge is 0.128 e. The topological polar surface area (TPSA) is 19.4 Å². The molecule has 2 aliphatic rings. The van der Waals surface area contributed by atoms with E-state index in [1.807, 2.05) is 6.20 Å². The van der Waals surface area contributed by atoms with Crippen molar-refractivity contribution in [3.05, 3.63) is 22.8 Å². The Kier molecular flexibility index (Phi) is 4.38. The van der Waals surface area contributed by atoms with Crippen LogP contribution in [-0.4, -0.2) is 42.1 Å². The van der Waals surface area contributed by atoms with Crippen LogP contribution in [0.25, 0.3) is 0 Å². The standard InChI is InChI=1S/C15H22BrN3/c16-13-6-7-15(17-11-13)19-10-2-1-5-14(12-19)18-8-3-4-9-18/h6-7,11,14H,1-5,8-10,12H2. The highest BCUT2D eigenvalue weighted by atomic mass is 79.9. The Balaban J connectivity index is 1.71. The van der Waals surface area contributed by atoms with E-state index in [1.54, 1.807) is 0 Å². The zero-order valence-corrected chi connectivity index (χ0v) is 13.0. The van der Waals surface area contributed by atoms with Crippen LogP contribution in [0.3, 0.4) is 0 Å². The zero-order chi connectivity index (χ0) is 13.1. The van der Waals surface area contributed by atoms with Gasteiger partial charge in [0.1, 0.15) is 5.82 Å². The fraction of sp³-hybridized carbons (Fsp3) is 0.667. The lowest BCUT2D eigenvalue weighted by molar-refractivity contribution is 0.236. The molecular weight excluding hydrogens is 302 g/mol. The summed E-state index contributed by atoms with van der Waals surface area (Å²) in [5, 5.41) is 0. The molecule has 1 atom stereocenters. The molecule has 0 N–H and O–H groups in total. The maximum Gasteiger partial charge on any atom is 0.128 e. The van der Waals surface area contributed by atoms with Crippen LogP contribution in [0.15, 0.2) is 22.8 Å². The van der Waals surface area contributed by atoms with Crippen molar-refractivity contribution < 1.29 is 0 Å². The van der Waals surface area contributed by atoms with Gasteiger partial charge in [-0.2, -0.15) is 0 Å². The zero-order valence-electron chi connectivity index (χ0n) is 11.4. The van der Waals surface area contributed by atoms with Crippen molar-refractivity contribution in [2.24, 2.45) is 0 Å². The fourth-order valence-corrected chi connectivity index (χ4v) is 3.52. The molecule has 0 aromatic carbocycles. The Morgan fingerprint density at radius 1 is 1.05 bits per heavy atom. The molecule has 4 heteroatoms. The van der Waals surface area contributed by atoms with Crippen molar-refractivity contribution in [3.8, 4) is 0 Å². The number of pyridine rings is 1. The van der Waals surface area contributed by atoms with Gasteiger partial charge in [0.15, 0.2) is 0 Å². The summed E-state index contributed by atoms with van der Waals surface area (Å²) in [7, 11) is 0. The quantitative estimate of drug-likeness (QED) is 0.832. The number of halogens is 1. The number of anilines is 1. The third-order valence-electron chi connectivity index (χ3n) is 4.34. The van der Waals surface area contributed by atoms with E-state index in [1.165, 1.54) is 45.2 Å². The van der Waals surface area contributed by atoms with E-state index in [4.69, 9.17) is 0 Å². The lowest BCUT2D eigenvalue weighted by Crippen LogP contribution is -2.41. The molecule has 0 bridgehead atoms. The van der Waals surface area contributed by atoms with Gasteiger partial charge in [0.2, 0.25) is 0 Å². The maximum atomic E-state index is 4.57. The molecule has 0 saturated carbocycles. The fourth-order valence-electron chi connectivity index (χ4n) is 3.29. The van der Waals surface area contributed by atoms with Gasteiger partial charge in [-0.25, -0.2) is 4.98 Å². The largest absolute Gasteiger partial charge is 0.355 e. The van der Waals surface area contributed by atoms with Crippen molar-refractivity contribution in [2.45, 2.75) is 38.1 Å². The van der Waals surface area contributed by atoms with Gasteiger partial charge >= 0.3 is 0 Å². The first kappa shape index (κ1) is 13.4. The van der Waals surface area contributed by atoms with Crippen LogP contribution >= 0.6 is 15.9 Å². The molecule has 19 heavy (non-hydrogen) atoms. The summed E-state index contributed by atoms with van der Waals surface area (Å²) in [5.74, 6) is 1.13. The Hall–Kier alpha value is -0.610. The molecule has 0 amide bonds. The summed E-state index contributed by atoms with van der Waals surface area (Å²) in [5.41, 5.74) is 0. The minimum atomic E-state index is 0.732. The van der Waals surface area contributed by atoms with E-state index in [0.29, 0.717) is 0 Å². The molecule has 2 saturated heterocycles. The van der Waals surface area contributed by atoms with Crippen molar-refractivity contribution in [1.29, 1.82) is 0 Å². The average molecular weight is 324 g/mol. The Morgan fingerprint density at radius 2 is 1.84 bits per heavy atom. The highest BCUT2D eigenvalue weighted by Crippen LogP contribution is 2.23. The molecule has 3 nitrogen and oxygen atoms in total. The summed E-state index contributed by atoms with van der Waals surface area (Å²) >= 11 is 3.46. The summed E-state index contributed by atoms with van der Waals surface area (Å²) in [6.07, 6.45) is 8.68. The molecule has 3 rings (SSSR count). The molecule has 2 fully saturated rings. The molecule has 0 spiro atoms. The minimum absolute atomic E-state index is 0.732. The van der Waals surface area contributed by atoms with Crippen LogP contribution < -0.4 is 4.90 Å². The first-order valence-electron chi connectivity index (χ1n) is 7.43. The Bertz CT molecular complexity index is 400. The molecule has 1 unspecified atom stereocenters. The van der Waals surface area contributed by atoms with Gasteiger partial charge in [-0.05, 0) is 66.8 Å². The van der Waals surface area contributed by atoms with Gasteiger partial charge in [0, 0.05) is 29.8 Å². The van der Waals surface area contributed by atoms with Crippen molar-refractivity contribution in [1.82, 2.24) is 9.88 Å². The number of likely N-dealkylation sites (tertiary alicyclic amines) is 1. The average Bonchev–Trinajstić information content (AvgIpc) is 2.85. The predicted octanol–water partition coefficient (Wildman–Crippen LogP) is 3.30. The van der Waals surface area contributed by atoms with Crippen LogP contribution in [0.5, 0.6) is 0 Å². The Labute approximate surface area is 124 Å². The predicted molar refractivity (Wildman–Crippen MR) is 82.6 cm³/mol. The number of hydrogen-bond donors (Lipinski definition) is 0. The number of nitrogens with zero attached hydrogens (tertiary/aromatic N) is 3. The normalized spacial score (nSPS) is 25.5. The van der Waals surface area contributed by atoms with Gasteiger partial charge in [-0.3, -0.25) is 4.90 Å². The van der Waals surface area contributed by atoms with Gasteiger partial charge in [0.05, 0.1) is 0 Å². The lowest BCUT2D eigenvalue weighted by atomic mass is 10.1. The van der Waals surface area contributed by atoms with Crippen LogP contribution in [0.4, 0.5) is 5.82 Å². The highest BCUT2D eigenvalue weighted by Gasteiger charge is 2.26. The molecule has 104 valence electrons. The minimum Gasteiger partial charge on any atom is -0.355 e. The van der Waals surface area contributed by atoms with E-state index in [0.717, 1.165) is 29.4 Å².